The molecule has 10 heavy (non-hydrogen) atoms. The van der Waals surface area contributed by atoms with Crippen LogP contribution in [0.4, 0.5) is 0 Å². The van der Waals surface area contributed by atoms with Gasteiger partial charge in [-0.1, -0.05) is 26.0 Å². The third-order valence-corrected chi connectivity index (χ3v) is 3.84. The van der Waals surface area contributed by atoms with E-state index in [1.807, 2.05) is 0 Å². The second kappa shape index (κ2) is 1.66. The molecule has 0 amide bonds. The first-order chi connectivity index (χ1) is 4.70. The number of allylic oxidation sites excluding steroid dienone is 2. The first kappa shape index (κ1) is 6.45. The van der Waals surface area contributed by atoms with Crippen LogP contribution in [-0.2, 0) is 0 Å². The molecule has 0 spiro atoms. The largest absolute Gasteiger partial charge is 0.0914 e. The van der Waals surface area contributed by atoms with Gasteiger partial charge in [-0.2, -0.15) is 0 Å². The highest BCUT2D eigenvalue weighted by Crippen LogP contribution is 2.74. The summed E-state index contributed by atoms with van der Waals surface area (Å²) in [7, 11) is 0. The fourth-order valence-electron chi connectivity index (χ4n) is 2.71. The summed E-state index contributed by atoms with van der Waals surface area (Å²) in [5.74, 6) is 2.93. The lowest BCUT2D eigenvalue weighted by molar-refractivity contribution is 0.130. The molecular formula is C10H16. The minimum absolute atomic E-state index is 0.768. The molecule has 0 aromatic carbocycles. The summed E-state index contributed by atoms with van der Waals surface area (Å²) >= 11 is 0. The Morgan fingerprint density at radius 2 is 2.20 bits per heavy atom. The second-order valence-electron chi connectivity index (χ2n) is 4.21. The number of hydrogen-bond donors (Lipinski definition) is 0. The minimum atomic E-state index is 0.768. The van der Waals surface area contributed by atoms with Crippen LogP contribution in [-0.4, -0.2) is 0 Å². The van der Waals surface area contributed by atoms with Crippen molar-refractivity contribution in [2.45, 2.75) is 27.2 Å². The van der Waals surface area contributed by atoms with E-state index >= 15 is 0 Å². The van der Waals surface area contributed by atoms with Gasteiger partial charge in [0.2, 0.25) is 0 Å². The molecule has 0 aromatic rings. The Hall–Kier alpha value is -0.260. The first-order valence-electron chi connectivity index (χ1n) is 4.33. The normalized spacial score (nSPS) is 58.1. The van der Waals surface area contributed by atoms with Crippen molar-refractivity contribution in [3.63, 3.8) is 0 Å². The fourth-order valence-corrected chi connectivity index (χ4v) is 2.71. The molecule has 0 heteroatoms. The van der Waals surface area contributed by atoms with Gasteiger partial charge < -0.3 is 0 Å². The lowest BCUT2D eigenvalue weighted by atomic mass is 9.66. The Kier molecular flexibility index (Phi) is 1.07. The monoisotopic (exact) mass is 136 g/mol. The summed E-state index contributed by atoms with van der Waals surface area (Å²) in [6, 6.07) is 0. The van der Waals surface area contributed by atoms with Crippen LogP contribution in [0.25, 0.3) is 0 Å². The van der Waals surface area contributed by atoms with Crippen molar-refractivity contribution in [1.29, 1.82) is 0 Å². The molecule has 0 N–H and O–H groups in total. The zero-order chi connectivity index (χ0) is 7.35. The molecule has 2 fully saturated rings. The van der Waals surface area contributed by atoms with Crippen LogP contribution in [0.3, 0.4) is 0 Å². The van der Waals surface area contributed by atoms with Crippen LogP contribution in [0.5, 0.6) is 0 Å². The SMILES string of the molecule is CC=CC1C(C)C2(C)CC12. The number of hydrogen-bond acceptors (Lipinski definition) is 0. The first-order valence-corrected chi connectivity index (χ1v) is 4.33. The fraction of sp³-hybridized carbons (Fsp3) is 0.800. The molecule has 0 nitrogen and oxygen atoms in total. The molecule has 0 heterocycles. The van der Waals surface area contributed by atoms with Gasteiger partial charge >= 0.3 is 0 Å². The summed E-state index contributed by atoms with van der Waals surface area (Å²) < 4.78 is 0. The Labute approximate surface area is 63.3 Å². The van der Waals surface area contributed by atoms with Crippen molar-refractivity contribution in [3.8, 4) is 0 Å². The molecule has 4 atom stereocenters. The zero-order valence-electron chi connectivity index (χ0n) is 7.09. The van der Waals surface area contributed by atoms with E-state index in [0.717, 1.165) is 23.2 Å². The molecular weight excluding hydrogens is 120 g/mol. The Morgan fingerprint density at radius 3 is 2.60 bits per heavy atom. The van der Waals surface area contributed by atoms with Crippen LogP contribution >= 0.6 is 0 Å². The standard InChI is InChI=1S/C10H16/c1-4-5-8-7(2)10(3)6-9(8)10/h4-5,7-9H,6H2,1-3H3. The predicted molar refractivity (Wildman–Crippen MR) is 43.7 cm³/mol. The maximum Gasteiger partial charge on any atom is -0.0169 e. The molecule has 2 aliphatic carbocycles. The second-order valence-corrected chi connectivity index (χ2v) is 4.21. The van der Waals surface area contributed by atoms with Crippen molar-refractivity contribution in [1.82, 2.24) is 0 Å². The van der Waals surface area contributed by atoms with E-state index in [0.29, 0.717) is 0 Å². The highest BCUT2D eigenvalue weighted by Gasteiger charge is 2.67. The van der Waals surface area contributed by atoms with Crippen molar-refractivity contribution in [2.75, 3.05) is 0 Å². The summed E-state index contributed by atoms with van der Waals surface area (Å²) in [6.45, 7) is 6.96. The summed E-state index contributed by atoms with van der Waals surface area (Å²) in [6.07, 6.45) is 6.09. The number of rotatable bonds is 1. The topological polar surface area (TPSA) is 0 Å². The molecule has 0 saturated heterocycles. The quantitative estimate of drug-likeness (QED) is 0.486. The third kappa shape index (κ3) is 0.531. The van der Waals surface area contributed by atoms with E-state index < -0.39 is 0 Å². The molecule has 0 aliphatic heterocycles. The average molecular weight is 136 g/mol. The van der Waals surface area contributed by atoms with E-state index in [1.165, 1.54) is 6.42 Å². The average Bonchev–Trinajstić information content (AvgIpc) is 2.54. The van der Waals surface area contributed by atoms with Gasteiger partial charge in [-0.3, -0.25) is 0 Å². The van der Waals surface area contributed by atoms with Crippen LogP contribution in [0.2, 0.25) is 0 Å². The van der Waals surface area contributed by atoms with E-state index in [4.69, 9.17) is 0 Å². The molecule has 2 aliphatic rings. The van der Waals surface area contributed by atoms with E-state index in [2.05, 4.69) is 32.9 Å². The van der Waals surface area contributed by atoms with Crippen LogP contribution < -0.4 is 0 Å². The van der Waals surface area contributed by atoms with Crippen molar-refractivity contribution in [2.24, 2.45) is 23.2 Å². The predicted octanol–water partition coefficient (Wildman–Crippen LogP) is 2.85. The smallest absolute Gasteiger partial charge is 0.0169 e. The van der Waals surface area contributed by atoms with Gasteiger partial charge in [-0.15, -0.1) is 0 Å². The minimum Gasteiger partial charge on any atom is -0.0914 e. The molecule has 4 unspecified atom stereocenters. The Morgan fingerprint density at radius 1 is 1.50 bits per heavy atom. The molecule has 0 radical (unpaired) electrons. The van der Waals surface area contributed by atoms with E-state index in [-0.39, 0.29) is 0 Å². The third-order valence-electron chi connectivity index (χ3n) is 3.84. The Balaban J connectivity index is 2.06. The van der Waals surface area contributed by atoms with Gasteiger partial charge in [0.05, 0.1) is 0 Å². The summed E-state index contributed by atoms with van der Waals surface area (Å²) in [5, 5.41) is 0. The van der Waals surface area contributed by atoms with Crippen molar-refractivity contribution >= 4 is 0 Å². The van der Waals surface area contributed by atoms with Gasteiger partial charge in [-0.25, -0.2) is 0 Å². The van der Waals surface area contributed by atoms with E-state index in [1.54, 1.807) is 0 Å². The summed E-state index contributed by atoms with van der Waals surface area (Å²) in [5.41, 5.74) is 0.768. The molecule has 0 bridgehead atoms. The van der Waals surface area contributed by atoms with Crippen LogP contribution in [0.15, 0.2) is 12.2 Å². The Bertz CT molecular complexity index is 180. The van der Waals surface area contributed by atoms with Crippen molar-refractivity contribution in [3.05, 3.63) is 12.2 Å². The number of fused-ring (bicyclic) bond motifs is 1. The maximum atomic E-state index is 2.43. The van der Waals surface area contributed by atoms with Gasteiger partial charge in [-0.05, 0) is 36.5 Å². The van der Waals surface area contributed by atoms with Gasteiger partial charge in [0.1, 0.15) is 0 Å². The van der Waals surface area contributed by atoms with Crippen LogP contribution in [0, 0.1) is 23.2 Å². The highest BCUT2D eigenvalue weighted by molar-refractivity contribution is 5.21. The molecule has 2 rings (SSSR count). The summed E-state index contributed by atoms with van der Waals surface area (Å²) in [4.78, 5) is 0. The van der Waals surface area contributed by atoms with E-state index in [9.17, 15) is 0 Å². The van der Waals surface area contributed by atoms with Crippen molar-refractivity contribution < 1.29 is 0 Å². The zero-order valence-corrected chi connectivity index (χ0v) is 7.09. The highest BCUT2D eigenvalue weighted by atomic mass is 14.7. The van der Waals surface area contributed by atoms with Crippen LogP contribution in [0.1, 0.15) is 27.2 Å². The lowest BCUT2D eigenvalue weighted by Crippen LogP contribution is -2.33. The molecule has 2 saturated carbocycles. The molecule has 0 aromatic heterocycles. The van der Waals surface area contributed by atoms with Gasteiger partial charge in [0, 0.05) is 0 Å². The van der Waals surface area contributed by atoms with Gasteiger partial charge in [0.15, 0.2) is 0 Å². The van der Waals surface area contributed by atoms with Gasteiger partial charge in [0.25, 0.3) is 0 Å². The maximum absolute atomic E-state index is 2.43. The lowest BCUT2D eigenvalue weighted by Gasteiger charge is -2.38. The molecule has 56 valence electrons.